The van der Waals surface area contributed by atoms with E-state index in [1.807, 2.05) is 0 Å². The van der Waals surface area contributed by atoms with Gasteiger partial charge in [0.25, 0.3) is 0 Å². The first-order chi connectivity index (χ1) is 11.7. The summed E-state index contributed by atoms with van der Waals surface area (Å²) in [4.78, 5) is 23.8. The molecule has 1 aromatic rings. The molecule has 7 nitrogen and oxygen atoms in total. The second kappa shape index (κ2) is 6.30. The van der Waals surface area contributed by atoms with Crippen molar-refractivity contribution in [2.24, 2.45) is 9.98 Å². The van der Waals surface area contributed by atoms with Crippen molar-refractivity contribution >= 4 is 24.0 Å². The summed E-state index contributed by atoms with van der Waals surface area (Å²) < 4.78 is 56.3. The van der Waals surface area contributed by atoms with Gasteiger partial charge in [0, 0.05) is 12.4 Å². The monoisotopic (exact) mass is 360 g/mol. The number of carboxylic acid groups (broad SMARTS) is 1. The van der Waals surface area contributed by atoms with Gasteiger partial charge in [-0.25, -0.2) is 24.2 Å². The van der Waals surface area contributed by atoms with Crippen LogP contribution in [0.25, 0.3) is 0 Å². The fourth-order valence-corrected chi connectivity index (χ4v) is 2.32. The third-order valence-corrected chi connectivity index (χ3v) is 3.59. The molecule has 1 aromatic heterocycles. The van der Waals surface area contributed by atoms with Crippen molar-refractivity contribution in [3.8, 4) is 0 Å². The largest absolute Gasteiger partial charge is 0.478 e. The molecule has 1 N–H and O–H groups in total. The van der Waals surface area contributed by atoms with E-state index < -0.39 is 35.5 Å². The van der Waals surface area contributed by atoms with Crippen LogP contribution in [0.1, 0.15) is 15.9 Å². The predicted molar refractivity (Wildman–Crippen MR) is 79.0 cm³/mol. The van der Waals surface area contributed by atoms with Crippen LogP contribution in [0.15, 0.2) is 22.2 Å². The molecule has 1 atom stereocenters. The van der Waals surface area contributed by atoms with Gasteiger partial charge in [0.15, 0.2) is 6.17 Å². The molecule has 134 valence electrons. The van der Waals surface area contributed by atoms with E-state index in [1.54, 1.807) is 0 Å². The minimum atomic E-state index is -4.68. The predicted octanol–water partition coefficient (Wildman–Crippen LogP) is 1.78. The van der Waals surface area contributed by atoms with E-state index in [0.717, 1.165) is 6.21 Å². The highest BCUT2D eigenvalue weighted by Gasteiger charge is 2.36. The molecule has 1 saturated heterocycles. The number of aliphatic imine (C=N–C) groups is 2. The Balaban J connectivity index is 1.68. The SMILES string of the molecule is O=C(O)c1cc(C(F)(F)F)cnc1N1CC(OC2=NCC(F)C=N2)C1. The first-order valence-electron chi connectivity index (χ1n) is 7.19. The number of ether oxygens (including phenoxy) is 1. The number of hydrogen-bond donors (Lipinski definition) is 1. The van der Waals surface area contributed by atoms with Gasteiger partial charge in [0.2, 0.25) is 0 Å². The molecule has 0 radical (unpaired) electrons. The Morgan fingerprint density at radius 2 is 2.08 bits per heavy atom. The second-order valence-corrected chi connectivity index (χ2v) is 5.46. The van der Waals surface area contributed by atoms with Crippen LogP contribution in [-0.2, 0) is 10.9 Å². The highest BCUT2D eigenvalue weighted by molar-refractivity contribution is 5.94. The van der Waals surface area contributed by atoms with Gasteiger partial charge in [0.05, 0.1) is 25.2 Å². The summed E-state index contributed by atoms with van der Waals surface area (Å²) in [6.45, 7) is 0.317. The van der Waals surface area contributed by atoms with E-state index in [2.05, 4.69) is 15.0 Å². The Kier molecular flexibility index (Phi) is 4.31. The van der Waals surface area contributed by atoms with Crippen molar-refractivity contribution < 1.29 is 32.2 Å². The average molecular weight is 360 g/mol. The zero-order valence-electron chi connectivity index (χ0n) is 12.6. The molecular weight excluding hydrogens is 348 g/mol. The fourth-order valence-electron chi connectivity index (χ4n) is 2.32. The van der Waals surface area contributed by atoms with Gasteiger partial charge in [-0.3, -0.25) is 0 Å². The van der Waals surface area contributed by atoms with Crippen LogP contribution < -0.4 is 4.90 Å². The molecule has 11 heteroatoms. The van der Waals surface area contributed by atoms with Crippen LogP contribution >= 0.6 is 0 Å². The number of halogens is 4. The van der Waals surface area contributed by atoms with E-state index >= 15 is 0 Å². The number of pyridine rings is 1. The molecule has 3 rings (SSSR count). The summed E-state index contributed by atoms with van der Waals surface area (Å²) in [5.74, 6) is -1.58. The zero-order valence-corrected chi connectivity index (χ0v) is 12.6. The van der Waals surface area contributed by atoms with E-state index in [0.29, 0.717) is 12.3 Å². The number of nitrogens with zero attached hydrogens (tertiary/aromatic N) is 4. The standard InChI is InChI=1S/C14H12F4N4O3/c15-8-3-20-13(21-4-8)25-9-5-22(6-9)11-10(12(23)24)1-7(2-19-11)14(16,17)18/h1-3,8-9H,4-6H2,(H,23,24). The van der Waals surface area contributed by atoms with Crippen LogP contribution in [0, 0.1) is 0 Å². The van der Waals surface area contributed by atoms with Gasteiger partial charge in [-0.1, -0.05) is 0 Å². The first-order valence-corrected chi connectivity index (χ1v) is 7.19. The molecule has 0 amide bonds. The van der Waals surface area contributed by atoms with Crippen molar-refractivity contribution in [3.63, 3.8) is 0 Å². The van der Waals surface area contributed by atoms with Crippen LogP contribution in [0.4, 0.5) is 23.4 Å². The normalized spacial score (nSPS) is 20.9. The van der Waals surface area contributed by atoms with Gasteiger partial charge in [-0.2, -0.15) is 13.2 Å². The summed E-state index contributed by atoms with van der Waals surface area (Å²) in [7, 11) is 0. The van der Waals surface area contributed by atoms with E-state index in [4.69, 9.17) is 9.84 Å². The number of amidine groups is 1. The second-order valence-electron chi connectivity index (χ2n) is 5.46. The number of carboxylic acids is 1. The molecule has 0 spiro atoms. The van der Waals surface area contributed by atoms with Crippen molar-refractivity contribution in [2.75, 3.05) is 24.5 Å². The van der Waals surface area contributed by atoms with Gasteiger partial charge < -0.3 is 14.7 Å². The highest BCUT2D eigenvalue weighted by Crippen LogP contribution is 2.33. The molecule has 2 aliphatic rings. The molecule has 0 bridgehead atoms. The Hall–Kier alpha value is -2.72. The lowest BCUT2D eigenvalue weighted by atomic mass is 10.1. The minimum Gasteiger partial charge on any atom is -0.478 e. The molecule has 0 aliphatic carbocycles. The number of carbonyl (C=O) groups is 1. The van der Waals surface area contributed by atoms with E-state index in [-0.39, 0.29) is 31.5 Å². The minimum absolute atomic E-state index is 0.0254. The molecule has 25 heavy (non-hydrogen) atoms. The lowest BCUT2D eigenvalue weighted by molar-refractivity contribution is -0.137. The third kappa shape index (κ3) is 3.69. The molecule has 1 fully saturated rings. The number of rotatable bonds is 3. The number of anilines is 1. The number of hydrogen-bond acceptors (Lipinski definition) is 6. The Morgan fingerprint density at radius 1 is 1.36 bits per heavy atom. The van der Waals surface area contributed by atoms with Gasteiger partial charge in [-0.05, 0) is 6.07 Å². The number of aromatic nitrogens is 1. The van der Waals surface area contributed by atoms with Gasteiger partial charge in [0.1, 0.15) is 17.5 Å². The quantitative estimate of drug-likeness (QED) is 0.831. The van der Waals surface area contributed by atoms with Crippen LogP contribution in [-0.4, -0.2) is 60.2 Å². The first kappa shape index (κ1) is 17.1. The Bertz CT molecular complexity index is 744. The lowest BCUT2D eigenvalue weighted by Crippen LogP contribution is -2.54. The average Bonchev–Trinajstić information content (AvgIpc) is 2.51. The molecule has 0 aromatic carbocycles. The van der Waals surface area contributed by atoms with Crippen molar-refractivity contribution in [3.05, 3.63) is 23.4 Å². The van der Waals surface area contributed by atoms with Crippen LogP contribution in [0.5, 0.6) is 0 Å². The molecule has 2 aliphatic heterocycles. The molecule has 3 heterocycles. The zero-order chi connectivity index (χ0) is 18.2. The fraction of sp³-hybridized carbons (Fsp3) is 0.429. The molecule has 0 saturated carbocycles. The number of alkyl halides is 4. The summed E-state index contributed by atoms with van der Waals surface area (Å²) in [5, 5.41) is 9.14. The van der Waals surface area contributed by atoms with Crippen LogP contribution in [0.3, 0.4) is 0 Å². The molecular formula is C14H12F4N4O3. The van der Waals surface area contributed by atoms with Crippen LogP contribution in [0.2, 0.25) is 0 Å². The topological polar surface area (TPSA) is 87.4 Å². The van der Waals surface area contributed by atoms with E-state index in [9.17, 15) is 22.4 Å². The van der Waals surface area contributed by atoms with Gasteiger partial charge in [-0.15, -0.1) is 0 Å². The summed E-state index contributed by atoms with van der Waals surface area (Å²) in [6.07, 6.45) is -4.66. The molecule has 1 unspecified atom stereocenters. The summed E-state index contributed by atoms with van der Waals surface area (Å²) >= 11 is 0. The summed E-state index contributed by atoms with van der Waals surface area (Å²) in [5.41, 5.74) is -1.67. The highest BCUT2D eigenvalue weighted by atomic mass is 19.4. The Morgan fingerprint density at radius 3 is 2.64 bits per heavy atom. The maximum absolute atomic E-state index is 12.8. The van der Waals surface area contributed by atoms with E-state index in [1.165, 1.54) is 4.90 Å². The smallest absolute Gasteiger partial charge is 0.417 e. The maximum atomic E-state index is 12.8. The maximum Gasteiger partial charge on any atom is 0.417 e. The van der Waals surface area contributed by atoms with Gasteiger partial charge >= 0.3 is 18.2 Å². The van der Waals surface area contributed by atoms with Crippen molar-refractivity contribution in [1.82, 2.24) is 4.98 Å². The number of aromatic carboxylic acids is 1. The van der Waals surface area contributed by atoms with Crippen molar-refractivity contribution in [1.29, 1.82) is 0 Å². The Labute approximate surface area is 138 Å². The lowest BCUT2D eigenvalue weighted by Gasteiger charge is -2.40. The van der Waals surface area contributed by atoms with Crippen molar-refractivity contribution in [2.45, 2.75) is 18.5 Å². The third-order valence-electron chi connectivity index (χ3n) is 3.59. The summed E-state index contributed by atoms with van der Waals surface area (Å²) in [6, 6.07) is 0.577.